The number of rotatable bonds is 7. The molecule has 0 saturated carbocycles. The van der Waals surface area contributed by atoms with Gasteiger partial charge in [0.15, 0.2) is 6.10 Å². The summed E-state index contributed by atoms with van der Waals surface area (Å²) in [7, 11) is 0. The largest absolute Gasteiger partial charge is 0.454 e. The molecule has 1 atom stereocenters. The lowest BCUT2D eigenvalue weighted by atomic mass is 10.0. The summed E-state index contributed by atoms with van der Waals surface area (Å²) in [6, 6.07) is 11.7. The zero-order valence-corrected chi connectivity index (χ0v) is 15.7. The number of H-pyrrole nitrogens is 1. The fourth-order valence-corrected chi connectivity index (χ4v) is 4.36. The lowest BCUT2D eigenvalue weighted by molar-refractivity contribution is -0.143. The van der Waals surface area contributed by atoms with Crippen molar-refractivity contribution in [2.45, 2.75) is 25.7 Å². The molecule has 0 bridgehead atoms. The topological polar surface area (TPSA) is 59.2 Å². The van der Waals surface area contributed by atoms with Crippen LogP contribution in [0.4, 0.5) is 0 Å². The fourth-order valence-electron chi connectivity index (χ4n) is 2.71. The molecule has 0 aliphatic carbocycles. The third-order valence-corrected chi connectivity index (χ3v) is 5.88. The van der Waals surface area contributed by atoms with Gasteiger partial charge in [-0.2, -0.15) is 0 Å². The number of aromatic nitrogens is 1. The highest BCUT2D eigenvalue weighted by molar-refractivity contribution is 7.99. The molecule has 6 heteroatoms. The Morgan fingerprint density at radius 2 is 2.04 bits per heavy atom. The van der Waals surface area contributed by atoms with Gasteiger partial charge in [-0.25, -0.2) is 0 Å². The van der Waals surface area contributed by atoms with Crippen molar-refractivity contribution >= 4 is 45.8 Å². The molecule has 0 aliphatic heterocycles. The minimum absolute atomic E-state index is 0.174. The molecule has 0 fully saturated rings. The first-order valence-electron chi connectivity index (χ1n) is 7.97. The Morgan fingerprint density at radius 3 is 2.80 bits per heavy atom. The van der Waals surface area contributed by atoms with Crippen LogP contribution < -0.4 is 0 Å². The summed E-state index contributed by atoms with van der Waals surface area (Å²) in [6.07, 6.45) is -0.798. The van der Waals surface area contributed by atoms with E-state index >= 15 is 0 Å². The summed E-state index contributed by atoms with van der Waals surface area (Å²) in [5.41, 5.74) is 2.30. The number of ketones is 1. The number of ether oxygens (including phenoxy) is 1. The molecule has 1 N–H and O–H groups in total. The molecule has 130 valence electrons. The number of aryl methyl sites for hydroxylation is 1. The van der Waals surface area contributed by atoms with Gasteiger partial charge in [-0.05, 0) is 31.4 Å². The van der Waals surface area contributed by atoms with E-state index in [9.17, 15) is 9.59 Å². The Hall–Kier alpha value is -2.05. The maximum absolute atomic E-state index is 12.7. The average molecular weight is 373 g/mol. The van der Waals surface area contributed by atoms with Gasteiger partial charge in [0, 0.05) is 32.8 Å². The summed E-state index contributed by atoms with van der Waals surface area (Å²) in [5.74, 6) is 0.477. The number of Topliss-reactive ketones (excluding diaryl/α,β-unsaturated/α-hetero) is 1. The molecule has 3 aromatic rings. The van der Waals surface area contributed by atoms with Crippen molar-refractivity contribution in [2.75, 3.05) is 5.75 Å². The predicted molar refractivity (Wildman–Crippen MR) is 103 cm³/mol. The van der Waals surface area contributed by atoms with E-state index in [1.807, 2.05) is 48.7 Å². The predicted octanol–water partition coefficient (Wildman–Crippen LogP) is 4.59. The van der Waals surface area contributed by atoms with Crippen molar-refractivity contribution in [1.82, 2.24) is 4.98 Å². The number of carbonyl (C=O) groups is 2. The summed E-state index contributed by atoms with van der Waals surface area (Å²) in [5, 5.41) is 2.87. The molecular formula is C19H19NO3S2. The molecule has 25 heavy (non-hydrogen) atoms. The van der Waals surface area contributed by atoms with Gasteiger partial charge in [0.05, 0.1) is 5.75 Å². The molecule has 2 heterocycles. The Labute approximate surface area is 154 Å². The van der Waals surface area contributed by atoms with Crippen LogP contribution in [0.25, 0.3) is 10.9 Å². The quantitative estimate of drug-likeness (QED) is 0.486. The van der Waals surface area contributed by atoms with Gasteiger partial charge < -0.3 is 9.72 Å². The highest BCUT2D eigenvalue weighted by atomic mass is 32.2. The maximum Gasteiger partial charge on any atom is 0.316 e. The molecule has 3 rings (SSSR count). The number of hydrogen-bond donors (Lipinski definition) is 1. The van der Waals surface area contributed by atoms with E-state index in [0.717, 1.165) is 22.3 Å². The third kappa shape index (κ3) is 4.14. The number of nitrogens with one attached hydrogen (secondary N) is 1. The Bertz CT molecular complexity index is 883. The van der Waals surface area contributed by atoms with Crippen molar-refractivity contribution < 1.29 is 14.3 Å². The van der Waals surface area contributed by atoms with Crippen molar-refractivity contribution in [3.63, 3.8) is 0 Å². The first-order valence-corrected chi connectivity index (χ1v) is 10.0. The van der Waals surface area contributed by atoms with E-state index in [4.69, 9.17) is 4.74 Å². The molecule has 0 aliphatic rings. The highest BCUT2D eigenvalue weighted by Gasteiger charge is 2.24. The minimum Gasteiger partial charge on any atom is -0.454 e. The molecule has 0 amide bonds. The molecule has 0 unspecified atom stereocenters. The number of aromatic amines is 1. The Morgan fingerprint density at radius 1 is 1.24 bits per heavy atom. The van der Waals surface area contributed by atoms with Gasteiger partial charge in [-0.15, -0.1) is 23.1 Å². The zero-order chi connectivity index (χ0) is 17.8. The fraction of sp³-hybridized carbons (Fsp3) is 0.263. The lowest BCUT2D eigenvalue weighted by Crippen LogP contribution is -2.25. The van der Waals surface area contributed by atoms with E-state index in [0.29, 0.717) is 5.56 Å². The maximum atomic E-state index is 12.7. The van der Waals surface area contributed by atoms with E-state index in [1.165, 1.54) is 16.6 Å². The number of fused-ring (bicyclic) bond motifs is 1. The lowest BCUT2D eigenvalue weighted by Gasteiger charge is -2.12. The second-order valence-corrected chi connectivity index (χ2v) is 7.76. The first kappa shape index (κ1) is 17.8. The molecular weight excluding hydrogens is 354 g/mol. The van der Waals surface area contributed by atoms with Crippen LogP contribution in [0.5, 0.6) is 0 Å². The van der Waals surface area contributed by atoms with Crippen LogP contribution in [0.15, 0.2) is 41.8 Å². The number of para-hydroxylation sites is 1. The van der Waals surface area contributed by atoms with E-state index in [2.05, 4.69) is 4.98 Å². The number of esters is 1. The number of thiophene rings is 1. The van der Waals surface area contributed by atoms with E-state index in [1.54, 1.807) is 18.3 Å². The van der Waals surface area contributed by atoms with Crippen LogP contribution in [-0.2, 0) is 15.3 Å². The summed E-state index contributed by atoms with van der Waals surface area (Å²) < 4.78 is 5.34. The van der Waals surface area contributed by atoms with Gasteiger partial charge in [-0.1, -0.05) is 24.3 Å². The van der Waals surface area contributed by atoms with Gasteiger partial charge in [-0.3, -0.25) is 9.59 Å². The van der Waals surface area contributed by atoms with Crippen molar-refractivity contribution in [1.29, 1.82) is 0 Å². The molecule has 0 radical (unpaired) electrons. The number of carbonyl (C=O) groups excluding carboxylic acids is 2. The minimum atomic E-state index is -0.798. The SMILES string of the molecule is Cc1[nH]c2ccccc2c1C(=O)[C@@H](C)OC(=O)CSCc1cccs1. The zero-order valence-electron chi connectivity index (χ0n) is 14.1. The van der Waals surface area contributed by atoms with Gasteiger partial charge in [0.1, 0.15) is 0 Å². The van der Waals surface area contributed by atoms with Crippen LogP contribution in [0.2, 0.25) is 0 Å². The second-order valence-electron chi connectivity index (χ2n) is 5.74. The molecule has 1 aromatic carbocycles. The van der Waals surface area contributed by atoms with Crippen LogP contribution in [0.3, 0.4) is 0 Å². The first-order chi connectivity index (χ1) is 12.1. The highest BCUT2D eigenvalue weighted by Crippen LogP contribution is 2.24. The van der Waals surface area contributed by atoms with Crippen molar-refractivity contribution in [3.05, 3.63) is 57.9 Å². The van der Waals surface area contributed by atoms with Gasteiger partial charge in [0.2, 0.25) is 5.78 Å². The normalized spacial score (nSPS) is 12.2. The van der Waals surface area contributed by atoms with Crippen LogP contribution >= 0.6 is 23.1 Å². The summed E-state index contributed by atoms with van der Waals surface area (Å²) >= 11 is 3.16. The van der Waals surface area contributed by atoms with Crippen LogP contribution in [0, 0.1) is 6.92 Å². The Balaban J connectivity index is 1.60. The standard InChI is InChI=1S/C19H19NO3S2/c1-12-18(15-7-3-4-8-16(15)20-12)19(22)13(2)23-17(21)11-24-10-14-6-5-9-25-14/h3-9,13,20H,10-11H2,1-2H3/t13-/m1/s1. The molecule has 0 saturated heterocycles. The smallest absolute Gasteiger partial charge is 0.316 e. The molecule has 4 nitrogen and oxygen atoms in total. The van der Waals surface area contributed by atoms with Crippen molar-refractivity contribution in [2.24, 2.45) is 0 Å². The monoisotopic (exact) mass is 373 g/mol. The summed E-state index contributed by atoms with van der Waals surface area (Å²) in [6.45, 7) is 3.49. The average Bonchev–Trinajstić information content (AvgIpc) is 3.20. The van der Waals surface area contributed by atoms with E-state index in [-0.39, 0.29) is 17.5 Å². The number of thioether (sulfide) groups is 1. The Kier molecular flexibility index (Phi) is 5.60. The second kappa shape index (κ2) is 7.89. The molecule has 0 spiro atoms. The summed E-state index contributed by atoms with van der Waals surface area (Å²) in [4.78, 5) is 29.2. The van der Waals surface area contributed by atoms with E-state index < -0.39 is 6.10 Å². The number of hydrogen-bond acceptors (Lipinski definition) is 5. The molecule has 2 aromatic heterocycles. The van der Waals surface area contributed by atoms with Gasteiger partial charge in [0.25, 0.3) is 0 Å². The van der Waals surface area contributed by atoms with Crippen LogP contribution in [-0.4, -0.2) is 28.6 Å². The van der Waals surface area contributed by atoms with Crippen LogP contribution in [0.1, 0.15) is 27.9 Å². The third-order valence-electron chi connectivity index (χ3n) is 3.86. The number of benzene rings is 1. The van der Waals surface area contributed by atoms with Gasteiger partial charge >= 0.3 is 5.97 Å². The van der Waals surface area contributed by atoms with Crippen molar-refractivity contribution in [3.8, 4) is 0 Å².